The van der Waals surface area contributed by atoms with Crippen molar-refractivity contribution in [1.29, 1.82) is 0 Å². The van der Waals surface area contributed by atoms with Crippen LogP contribution in [0.2, 0.25) is 0 Å². The number of hydrogen-bond donors (Lipinski definition) is 1. The number of anilines is 1. The van der Waals surface area contributed by atoms with Crippen molar-refractivity contribution in [2.75, 3.05) is 18.0 Å². The Morgan fingerprint density at radius 2 is 2.00 bits per heavy atom. The van der Waals surface area contributed by atoms with Crippen molar-refractivity contribution in [3.05, 3.63) is 40.6 Å². The van der Waals surface area contributed by atoms with Gasteiger partial charge in [0.2, 0.25) is 5.95 Å². The lowest BCUT2D eigenvalue weighted by atomic mass is 9.83. The minimum atomic E-state index is -0.303. The Morgan fingerprint density at radius 1 is 1.23 bits per heavy atom. The van der Waals surface area contributed by atoms with Crippen LogP contribution < -0.4 is 15.4 Å². The summed E-state index contributed by atoms with van der Waals surface area (Å²) in [6.45, 7) is 1.62. The Labute approximate surface area is 136 Å². The molecule has 1 spiro atoms. The highest BCUT2D eigenvalue weighted by atomic mass is 79.9. The molecule has 0 bridgehead atoms. The number of para-hydroxylation sites is 1. The summed E-state index contributed by atoms with van der Waals surface area (Å²) in [5, 5.41) is 8.12. The predicted octanol–water partition coefficient (Wildman–Crippen LogP) is 2.07. The summed E-state index contributed by atoms with van der Waals surface area (Å²) in [5.74, 6) is 1.58. The van der Waals surface area contributed by atoms with Gasteiger partial charge in [-0.2, -0.15) is 0 Å². The number of hydrogen-bond acceptors (Lipinski definition) is 6. The minimum absolute atomic E-state index is 0.0742. The van der Waals surface area contributed by atoms with Gasteiger partial charge in [0.15, 0.2) is 0 Å². The first-order chi connectivity index (χ1) is 10.7. The number of fused-ring (bicyclic) bond motifs is 1. The van der Waals surface area contributed by atoms with E-state index in [0.717, 1.165) is 37.2 Å². The summed E-state index contributed by atoms with van der Waals surface area (Å²) in [6.07, 6.45) is 3.37. The van der Waals surface area contributed by atoms with Crippen molar-refractivity contribution >= 4 is 21.9 Å². The molecule has 0 amide bonds. The zero-order chi connectivity index (χ0) is 15.2. The Balaban J connectivity index is 1.52. The second-order valence-corrected chi connectivity index (χ2v) is 6.56. The first-order valence-corrected chi connectivity index (χ1v) is 8.11. The van der Waals surface area contributed by atoms with Crippen LogP contribution in [0.25, 0.3) is 0 Å². The Kier molecular flexibility index (Phi) is 3.27. The maximum atomic E-state index is 6.47. The zero-order valence-electron chi connectivity index (χ0n) is 11.9. The van der Waals surface area contributed by atoms with Gasteiger partial charge in [0.05, 0.1) is 12.2 Å². The van der Waals surface area contributed by atoms with Crippen LogP contribution in [-0.2, 0) is 0 Å². The molecule has 1 saturated heterocycles. The smallest absolute Gasteiger partial charge is 0.245 e. The largest absolute Gasteiger partial charge is 0.485 e. The van der Waals surface area contributed by atoms with Crippen LogP contribution in [0.15, 0.2) is 35.1 Å². The van der Waals surface area contributed by atoms with Crippen LogP contribution in [0, 0.1) is 0 Å². The van der Waals surface area contributed by atoms with E-state index in [0.29, 0.717) is 10.6 Å². The summed E-state index contributed by atoms with van der Waals surface area (Å²) in [4.78, 5) is 6.44. The van der Waals surface area contributed by atoms with Crippen molar-refractivity contribution in [3.8, 4) is 5.75 Å². The van der Waals surface area contributed by atoms with Gasteiger partial charge in [0.1, 0.15) is 16.0 Å². The SMILES string of the molecule is N[C@@H]1c2ccccc2OC12CCN(c1ncc(Br)nn1)CC2. The van der Waals surface area contributed by atoms with E-state index in [9.17, 15) is 0 Å². The monoisotopic (exact) mass is 361 g/mol. The van der Waals surface area contributed by atoms with Gasteiger partial charge in [-0.25, -0.2) is 4.98 Å². The highest BCUT2D eigenvalue weighted by Gasteiger charge is 2.48. The second-order valence-electron chi connectivity index (χ2n) is 5.75. The van der Waals surface area contributed by atoms with Gasteiger partial charge in [-0.05, 0) is 22.0 Å². The molecule has 3 heterocycles. The van der Waals surface area contributed by atoms with Gasteiger partial charge >= 0.3 is 0 Å². The van der Waals surface area contributed by atoms with E-state index in [1.807, 2.05) is 18.2 Å². The van der Waals surface area contributed by atoms with Crippen LogP contribution in [0.4, 0.5) is 5.95 Å². The second kappa shape index (κ2) is 5.17. The van der Waals surface area contributed by atoms with E-state index >= 15 is 0 Å². The lowest BCUT2D eigenvalue weighted by Crippen LogP contribution is -2.51. The Morgan fingerprint density at radius 3 is 2.68 bits per heavy atom. The van der Waals surface area contributed by atoms with E-state index in [-0.39, 0.29) is 11.6 Å². The molecule has 0 unspecified atom stereocenters. The third-order valence-electron chi connectivity index (χ3n) is 4.55. The average molecular weight is 362 g/mol. The zero-order valence-corrected chi connectivity index (χ0v) is 13.5. The van der Waals surface area contributed by atoms with E-state index < -0.39 is 0 Å². The summed E-state index contributed by atoms with van der Waals surface area (Å²) in [5.41, 5.74) is 7.27. The van der Waals surface area contributed by atoms with Gasteiger partial charge in [-0.15, -0.1) is 10.2 Å². The van der Waals surface area contributed by atoms with E-state index in [1.54, 1.807) is 6.20 Å². The van der Waals surface area contributed by atoms with Crippen molar-refractivity contribution < 1.29 is 4.74 Å². The third-order valence-corrected chi connectivity index (χ3v) is 4.91. The highest BCUT2D eigenvalue weighted by molar-refractivity contribution is 9.10. The Hall–Kier alpha value is -1.73. The fourth-order valence-corrected chi connectivity index (χ4v) is 3.48. The molecule has 1 fully saturated rings. The summed E-state index contributed by atoms with van der Waals surface area (Å²) >= 11 is 3.25. The van der Waals surface area contributed by atoms with E-state index in [1.165, 1.54) is 0 Å². The van der Waals surface area contributed by atoms with Gasteiger partial charge in [0.25, 0.3) is 0 Å². The molecule has 1 aromatic heterocycles. The van der Waals surface area contributed by atoms with Crippen molar-refractivity contribution in [1.82, 2.24) is 15.2 Å². The molecule has 1 aromatic carbocycles. The molecule has 2 N–H and O–H groups in total. The van der Waals surface area contributed by atoms with Gasteiger partial charge < -0.3 is 15.4 Å². The normalized spacial score (nSPS) is 22.5. The van der Waals surface area contributed by atoms with Crippen LogP contribution in [0.5, 0.6) is 5.75 Å². The molecule has 0 saturated carbocycles. The van der Waals surface area contributed by atoms with Crippen molar-refractivity contribution in [2.45, 2.75) is 24.5 Å². The maximum Gasteiger partial charge on any atom is 0.245 e. The molecule has 22 heavy (non-hydrogen) atoms. The molecule has 6 nitrogen and oxygen atoms in total. The van der Waals surface area contributed by atoms with Gasteiger partial charge in [-0.3, -0.25) is 0 Å². The fraction of sp³-hybridized carbons (Fsp3) is 0.400. The molecule has 2 aliphatic heterocycles. The molecule has 2 aromatic rings. The molecule has 0 radical (unpaired) electrons. The maximum absolute atomic E-state index is 6.47. The number of ether oxygens (including phenoxy) is 1. The lowest BCUT2D eigenvalue weighted by Gasteiger charge is -2.40. The highest BCUT2D eigenvalue weighted by Crippen LogP contribution is 2.46. The van der Waals surface area contributed by atoms with Crippen LogP contribution >= 0.6 is 15.9 Å². The number of piperidine rings is 1. The van der Waals surface area contributed by atoms with Crippen LogP contribution in [0.3, 0.4) is 0 Å². The first-order valence-electron chi connectivity index (χ1n) is 7.32. The molecule has 2 aliphatic rings. The van der Waals surface area contributed by atoms with E-state index in [2.05, 4.69) is 42.1 Å². The third kappa shape index (κ3) is 2.16. The number of aromatic nitrogens is 3. The molecule has 4 rings (SSSR count). The van der Waals surface area contributed by atoms with Crippen molar-refractivity contribution in [3.63, 3.8) is 0 Å². The summed E-state index contributed by atoms with van der Waals surface area (Å²) < 4.78 is 6.88. The lowest BCUT2D eigenvalue weighted by molar-refractivity contribution is 0.0429. The van der Waals surface area contributed by atoms with Crippen LogP contribution in [0.1, 0.15) is 24.4 Å². The molecular formula is C15H16BrN5O. The van der Waals surface area contributed by atoms with Gasteiger partial charge in [0, 0.05) is 31.5 Å². The molecular weight excluding hydrogens is 346 g/mol. The van der Waals surface area contributed by atoms with Gasteiger partial charge in [-0.1, -0.05) is 18.2 Å². The molecule has 0 aliphatic carbocycles. The average Bonchev–Trinajstić information content (AvgIpc) is 2.82. The fourth-order valence-electron chi connectivity index (χ4n) is 3.29. The number of nitrogens with two attached hydrogens (primary N) is 1. The topological polar surface area (TPSA) is 77.2 Å². The van der Waals surface area contributed by atoms with Crippen molar-refractivity contribution in [2.24, 2.45) is 5.73 Å². The van der Waals surface area contributed by atoms with Crippen LogP contribution in [-0.4, -0.2) is 33.9 Å². The summed E-state index contributed by atoms with van der Waals surface area (Å²) in [6, 6.07) is 7.98. The minimum Gasteiger partial charge on any atom is -0.485 e. The quantitative estimate of drug-likeness (QED) is 0.837. The molecule has 1 atom stereocenters. The number of rotatable bonds is 1. The summed E-state index contributed by atoms with van der Waals surface area (Å²) in [7, 11) is 0. The standard InChI is InChI=1S/C15H16BrN5O/c16-12-9-18-14(20-19-12)21-7-5-15(6-8-21)13(17)10-3-1-2-4-11(10)22-15/h1-4,9,13H,5-8,17H2/t13-/m1/s1. The first kappa shape index (κ1) is 13.9. The number of nitrogens with zero attached hydrogens (tertiary/aromatic N) is 4. The number of halogens is 1. The molecule has 7 heteroatoms. The molecule has 114 valence electrons. The van der Waals surface area contributed by atoms with E-state index in [4.69, 9.17) is 10.5 Å². The number of benzene rings is 1. The Bertz CT molecular complexity index is 685. The predicted molar refractivity (Wildman–Crippen MR) is 85.7 cm³/mol.